The van der Waals surface area contributed by atoms with Crippen LogP contribution in [0.2, 0.25) is 5.02 Å². The van der Waals surface area contributed by atoms with Crippen LogP contribution in [0.3, 0.4) is 0 Å². The van der Waals surface area contributed by atoms with Gasteiger partial charge in [0.25, 0.3) is 5.91 Å². The van der Waals surface area contributed by atoms with E-state index in [1.54, 1.807) is 13.1 Å². The van der Waals surface area contributed by atoms with Crippen LogP contribution in [0.15, 0.2) is 30.5 Å². The molecule has 0 atom stereocenters. The molecule has 0 fully saturated rings. The summed E-state index contributed by atoms with van der Waals surface area (Å²) in [4.78, 5) is 15.9. The van der Waals surface area contributed by atoms with Gasteiger partial charge >= 0.3 is 0 Å². The standard InChI is InChI=1S/C15H15ClN6O/c1-8-4-3-5-10(13(8)16)20-11-6-12(18-2)22-15(21-11)9(7-19-22)14(17)23/h3-7,18H,1-2H3,(H2,17,23)(H,20,21). The van der Waals surface area contributed by atoms with E-state index in [2.05, 4.69) is 20.7 Å². The molecule has 3 aromatic rings. The number of rotatable bonds is 4. The van der Waals surface area contributed by atoms with Gasteiger partial charge in [0.2, 0.25) is 0 Å². The quantitative estimate of drug-likeness (QED) is 0.683. The molecule has 0 unspecified atom stereocenters. The molecule has 7 nitrogen and oxygen atoms in total. The third kappa shape index (κ3) is 2.66. The largest absolute Gasteiger partial charge is 0.373 e. The lowest BCUT2D eigenvalue weighted by Crippen LogP contribution is -2.12. The van der Waals surface area contributed by atoms with Crippen molar-refractivity contribution < 1.29 is 4.79 Å². The molecule has 0 spiro atoms. The Bertz CT molecular complexity index is 904. The molecule has 0 radical (unpaired) electrons. The highest BCUT2D eigenvalue weighted by molar-refractivity contribution is 6.34. The van der Waals surface area contributed by atoms with Crippen LogP contribution in [0, 0.1) is 6.92 Å². The number of aromatic nitrogens is 3. The monoisotopic (exact) mass is 330 g/mol. The molecule has 2 aromatic heterocycles. The van der Waals surface area contributed by atoms with Crippen molar-refractivity contribution in [3.8, 4) is 0 Å². The number of nitrogens with zero attached hydrogens (tertiary/aromatic N) is 3. The first-order valence-corrected chi connectivity index (χ1v) is 7.27. The average molecular weight is 331 g/mol. The number of anilines is 3. The Balaban J connectivity index is 2.12. The Morgan fingerprint density at radius 2 is 2.17 bits per heavy atom. The van der Waals surface area contributed by atoms with Crippen LogP contribution in [-0.4, -0.2) is 27.6 Å². The maximum absolute atomic E-state index is 11.5. The molecular weight excluding hydrogens is 316 g/mol. The number of fused-ring (bicyclic) bond motifs is 1. The van der Waals surface area contributed by atoms with Gasteiger partial charge in [-0.15, -0.1) is 0 Å². The molecule has 0 aliphatic carbocycles. The first-order chi connectivity index (χ1) is 11.0. The Kier molecular flexibility index (Phi) is 3.79. The van der Waals surface area contributed by atoms with Crippen LogP contribution in [0.1, 0.15) is 15.9 Å². The number of halogens is 1. The Morgan fingerprint density at radius 3 is 2.87 bits per heavy atom. The zero-order valence-electron chi connectivity index (χ0n) is 12.6. The summed E-state index contributed by atoms with van der Waals surface area (Å²) in [6, 6.07) is 7.44. The molecule has 1 amide bonds. The Morgan fingerprint density at radius 1 is 1.39 bits per heavy atom. The van der Waals surface area contributed by atoms with Gasteiger partial charge in [-0.25, -0.2) is 4.98 Å². The van der Waals surface area contributed by atoms with Gasteiger partial charge < -0.3 is 16.4 Å². The predicted molar refractivity (Wildman–Crippen MR) is 90.5 cm³/mol. The molecule has 2 heterocycles. The van der Waals surface area contributed by atoms with E-state index < -0.39 is 5.91 Å². The number of aryl methyl sites for hydroxylation is 1. The second kappa shape index (κ2) is 5.77. The summed E-state index contributed by atoms with van der Waals surface area (Å²) >= 11 is 6.30. The SMILES string of the molecule is CNc1cc(Nc2cccc(C)c2Cl)nc2c(C(N)=O)cnn12. The van der Waals surface area contributed by atoms with Crippen molar-refractivity contribution in [3.63, 3.8) is 0 Å². The van der Waals surface area contributed by atoms with E-state index in [-0.39, 0.29) is 5.56 Å². The van der Waals surface area contributed by atoms with Gasteiger partial charge in [-0.05, 0) is 18.6 Å². The van der Waals surface area contributed by atoms with Crippen molar-refractivity contribution in [3.05, 3.63) is 46.6 Å². The lowest BCUT2D eigenvalue weighted by molar-refractivity contribution is 0.100. The maximum atomic E-state index is 11.5. The number of primary amides is 1. The summed E-state index contributed by atoms with van der Waals surface area (Å²) in [6.45, 7) is 1.92. The minimum Gasteiger partial charge on any atom is -0.373 e. The van der Waals surface area contributed by atoms with E-state index in [0.717, 1.165) is 11.3 Å². The number of nitrogens with two attached hydrogens (primary N) is 1. The molecule has 3 rings (SSSR count). The average Bonchev–Trinajstić information content (AvgIpc) is 2.95. The highest BCUT2D eigenvalue weighted by Gasteiger charge is 2.15. The third-order valence-corrected chi connectivity index (χ3v) is 3.95. The number of carbonyl (C=O) groups is 1. The molecule has 0 bridgehead atoms. The minimum atomic E-state index is -0.583. The summed E-state index contributed by atoms with van der Waals surface area (Å²) in [5, 5.41) is 10.9. The first kappa shape index (κ1) is 15.1. The molecule has 0 saturated carbocycles. The highest BCUT2D eigenvalue weighted by Crippen LogP contribution is 2.29. The van der Waals surface area contributed by atoms with Gasteiger partial charge in [0.15, 0.2) is 5.65 Å². The van der Waals surface area contributed by atoms with Crippen LogP contribution >= 0.6 is 11.6 Å². The van der Waals surface area contributed by atoms with Crippen LogP contribution in [0.25, 0.3) is 5.65 Å². The number of carbonyl (C=O) groups excluding carboxylic acids is 1. The summed E-state index contributed by atoms with van der Waals surface area (Å²) in [5.41, 5.74) is 7.67. The van der Waals surface area contributed by atoms with Crippen LogP contribution in [0.5, 0.6) is 0 Å². The summed E-state index contributed by atoms with van der Waals surface area (Å²) < 4.78 is 1.52. The zero-order chi connectivity index (χ0) is 16.6. The number of hydrogen-bond donors (Lipinski definition) is 3. The molecule has 0 aliphatic rings. The van der Waals surface area contributed by atoms with Crippen molar-refractivity contribution in [2.24, 2.45) is 5.73 Å². The van der Waals surface area contributed by atoms with Crippen molar-refractivity contribution >= 4 is 40.5 Å². The van der Waals surface area contributed by atoms with E-state index in [0.29, 0.717) is 22.3 Å². The number of amides is 1. The normalized spacial score (nSPS) is 10.7. The predicted octanol–water partition coefficient (Wildman–Crippen LogP) is 2.58. The molecule has 4 N–H and O–H groups in total. The van der Waals surface area contributed by atoms with Gasteiger partial charge in [-0.3, -0.25) is 4.79 Å². The summed E-state index contributed by atoms with van der Waals surface area (Å²) in [7, 11) is 1.75. The fourth-order valence-electron chi connectivity index (χ4n) is 2.26. The van der Waals surface area contributed by atoms with Crippen LogP contribution < -0.4 is 16.4 Å². The van der Waals surface area contributed by atoms with E-state index >= 15 is 0 Å². The number of nitrogens with one attached hydrogen (secondary N) is 2. The summed E-state index contributed by atoms with van der Waals surface area (Å²) in [5.74, 6) is 0.603. The second-order valence-corrected chi connectivity index (χ2v) is 5.37. The fourth-order valence-corrected chi connectivity index (χ4v) is 2.43. The molecule has 0 aliphatic heterocycles. The van der Waals surface area contributed by atoms with Crippen LogP contribution in [-0.2, 0) is 0 Å². The van der Waals surface area contributed by atoms with E-state index in [9.17, 15) is 4.79 Å². The van der Waals surface area contributed by atoms with E-state index in [1.807, 2.05) is 25.1 Å². The summed E-state index contributed by atoms with van der Waals surface area (Å²) in [6.07, 6.45) is 1.40. The minimum absolute atomic E-state index is 0.250. The second-order valence-electron chi connectivity index (χ2n) is 5.00. The zero-order valence-corrected chi connectivity index (χ0v) is 13.3. The van der Waals surface area contributed by atoms with E-state index in [4.69, 9.17) is 17.3 Å². The molecular formula is C15H15ClN6O. The molecule has 23 heavy (non-hydrogen) atoms. The maximum Gasteiger partial charge on any atom is 0.254 e. The van der Waals surface area contributed by atoms with Crippen LogP contribution in [0.4, 0.5) is 17.3 Å². The van der Waals surface area contributed by atoms with Crippen molar-refractivity contribution in [2.75, 3.05) is 17.7 Å². The van der Waals surface area contributed by atoms with Crippen molar-refractivity contribution in [1.29, 1.82) is 0 Å². The van der Waals surface area contributed by atoms with Gasteiger partial charge in [0, 0.05) is 13.1 Å². The Labute approximate surface area is 137 Å². The highest BCUT2D eigenvalue weighted by atomic mass is 35.5. The van der Waals surface area contributed by atoms with Gasteiger partial charge in [-0.1, -0.05) is 23.7 Å². The molecule has 118 valence electrons. The Hall–Kier alpha value is -2.80. The number of benzene rings is 1. The van der Waals surface area contributed by atoms with Crippen molar-refractivity contribution in [2.45, 2.75) is 6.92 Å². The van der Waals surface area contributed by atoms with Gasteiger partial charge in [-0.2, -0.15) is 9.61 Å². The van der Waals surface area contributed by atoms with Crippen molar-refractivity contribution in [1.82, 2.24) is 14.6 Å². The smallest absolute Gasteiger partial charge is 0.254 e. The van der Waals surface area contributed by atoms with Gasteiger partial charge in [0.1, 0.15) is 17.2 Å². The molecule has 0 saturated heterocycles. The van der Waals surface area contributed by atoms with Gasteiger partial charge in [0.05, 0.1) is 16.9 Å². The first-order valence-electron chi connectivity index (χ1n) is 6.89. The molecule has 8 heteroatoms. The van der Waals surface area contributed by atoms with E-state index in [1.165, 1.54) is 10.7 Å². The third-order valence-electron chi connectivity index (χ3n) is 3.45. The fraction of sp³-hybridized carbons (Fsp3) is 0.133. The lowest BCUT2D eigenvalue weighted by atomic mass is 10.2. The molecule has 1 aromatic carbocycles. The topological polar surface area (TPSA) is 97.3 Å². The number of hydrogen-bond acceptors (Lipinski definition) is 5. The lowest BCUT2D eigenvalue weighted by Gasteiger charge is -2.12.